The van der Waals surface area contributed by atoms with Crippen molar-refractivity contribution in [1.29, 1.82) is 0 Å². The fourth-order valence-corrected chi connectivity index (χ4v) is 6.95. The highest BCUT2D eigenvalue weighted by atomic mass is 79.9. The minimum absolute atomic E-state index is 0.0284. The summed E-state index contributed by atoms with van der Waals surface area (Å²) in [6, 6.07) is 0. The third-order valence-corrected chi connectivity index (χ3v) is 7.29. The standard InChI is InChI=1S/C11H10Br2O2/c12-8-4-2-1-3-5(4)9(13)11(15)7(3)6(2)10(8)14/h2-9H,1H2/t2-,3+,4-,5?,6+,7-,8+,9+/m0/s1. The van der Waals surface area contributed by atoms with E-state index in [1.807, 2.05) is 0 Å². The molecule has 0 radical (unpaired) electrons. The minimum Gasteiger partial charge on any atom is -0.298 e. The van der Waals surface area contributed by atoms with E-state index in [1.165, 1.54) is 0 Å². The van der Waals surface area contributed by atoms with Gasteiger partial charge in [0.25, 0.3) is 0 Å². The van der Waals surface area contributed by atoms with Gasteiger partial charge in [-0.05, 0) is 30.1 Å². The molecule has 4 fully saturated rings. The number of ketones is 2. The number of carbonyl (C=O) groups excluding carboxylic acids is 2. The van der Waals surface area contributed by atoms with Gasteiger partial charge in [0.1, 0.15) is 0 Å². The number of alkyl halides is 2. The predicted molar refractivity (Wildman–Crippen MR) is 61.0 cm³/mol. The van der Waals surface area contributed by atoms with Gasteiger partial charge in [0, 0.05) is 11.8 Å². The quantitative estimate of drug-likeness (QED) is 0.633. The molecular weight excluding hydrogens is 324 g/mol. The van der Waals surface area contributed by atoms with Crippen molar-refractivity contribution in [2.45, 2.75) is 16.1 Å². The Hall–Kier alpha value is 0.300. The van der Waals surface area contributed by atoms with E-state index in [1.54, 1.807) is 0 Å². The van der Waals surface area contributed by atoms with Crippen LogP contribution in [0, 0.1) is 35.5 Å². The smallest absolute Gasteiger partial charge is 0.150 e. The van der Waals surface area contributed by atoms with E-state index in [4.69, 9.17) is 0 Å². The van der Waals surface area contributed by atoms with Crippen LogP contribution in [0.3, 0.4) is 0 Å². The van der Waals surface area contributed by atoms with Crippen LogP contribution in [0.1, 0.15) is 6.42 Å². The van der Waals surface area contributed by atoms with Crippen LogP contribution >= 0.6 is 31.9 Å². The summed E-state index contributed by atoms with van der Waals surface area (Å²) in [6.07, 6.45) is 1.12. The molecule has 2 nitrogen and oxygen atoms in total. The lowest BCUT2D eigenvalue weighted by Gasteiger charge is -2.25. The molecule has 4 rings (SSSR count). The fourth-order valence-electron chi connectivity index (χ4n) is 4.85. The first-order valence-electron chi connectivity index (χ1n) is 5.48. The normalized spacial score (nSPS) is 64.7. The van der Waals surface area contributed by atoms with E-state index in [2.05, 4.69) is 31.9 Å². The summed E-state index contributed by atoms with van der Waals surface area (Å²) in [4.78, 5) is 24.2. The van der Waals surface area contributed by atoms with Crippen molar-refractivity contribution < 1.29 is 9.59 Å². The van der Waals surface area contributed by atoms with E-state index in [0.717, 1.165) is 6.42 Å². The minimum atomic E-state index is 0.0284. The van der Waals surface area contributed by atoms with Crippen molar-refractivity contribution in [3.63, 3.8) is 0 Å². The highest BCUT2D eigenvalue weighted by Crippen LogP contribution is 2.70. The SMILES string of the molecule is O=C1[C@@H]2[C@@H]3C(=O)[C@H](Br)[C@@H]4C([C@H]2C[C@H]34)[C@H]1Br. The van der Waals surface area contributed by atoms with E-state index in [9.17, 15) is 9.59 Å². The van der Waals surface area contributed by atoms with Crippen molar-refractivity contribution >= 4 is 43.4 Å². The summed E-state index contributed by atoms with van der Waals surface area (Å²) in [5.74, 6) is 2.63. The van der Waals surface area contributed by atoms with Gasteiger partial charge >= 0.3 is 0 Å². The van der Waals surface area contributed by atoms with E-state index >= 15 is 0 Å². The molecule has 4 saturated carbocycles. The molecule has 0 spiro atoms. The van der Waals surface area contributed by atoms with Crippen molar-refractivity contribution in [2.75, 3.05) is 0 Å². The molecule has 0 heterocycles. The molecule has 0 saturated heterocycles. The Balaban J connectivity index is 1.93. The van der Waals surface area contributed by atoms with Crippen LogP contribution < -0.4 is 0 Å². The third-order valence-electron chi connectivity index (χ3n) is 5.16. The van der Waals surface area contributed by atoms with Gasteiger partial charge in [-0.1, -0.05) is 31.9 Å². The van der Waals surface area contributed by atoms with Gasteiger partial charge in [0.05, 0.1) is 9.65 Å². The Bertz CT molecular complexity index is 358. The molecule has 1 unspecified atom stereocenters. The zero-order valence-electron chi connectivity index (χ0n) is 7.90. The number of carbonyl (C=O) groups is 2. The molecule has 0 N–H and O–H groups in total. The van der Waals surface area contributed by atoms with Gasteiger partial charge in [-0.15, -0.1) is 0 Å². The van der Waals surface area contributed by atoms with Gasteiger partial charge in [-0.3, -0.25) is 9.59 Å². The first-order valence-corrected chi connectivity index (χ1v) is 7.31. The average Bonchev–Trinajstić information content (AvgIpc) is 2.85. The second-order valence-electron chi connectivity index (χ2n) is 5.38. The van der Waals surface area contributed by atoms with Crippen molar-refractivity contribution in [1.82, 2.24) is 0 Å². The summed E-state index contributed by atoms with van der Waals surface area (Å²) >= 11 is 7.09. The Morgan fingerprint density at radius 2 is 1.27 bits per heavy atom. The van der Waals surface area contributed by atoms with Gasteiger partial charge in [-0.2, -0.15) is 0 Å². The Labute approximate surface area is 104 Å². The molecule has 80 valence electrons. The van der Waals surface area contributed by atoms with Gasteiger partial charge in [-0.25, -0.2) is 0 Å². The number of hydrogen-bond acceptors (Lipinski definition) is 2. The number of fused-ring (bicyclic) bond motifs is 2. The fraction of sp³-hybridized carbons (Fsp3) is 0.818. The molecule has 0 aromatic rings. The summed E-state index contributed by atoms with van der Waals surface area (Å²) < 4.78 is 0. The van der Waals surface area contributed by atoms with Crippen molar-refractivity contribution in [3.05, 3.63) is 0 Å². The maximum atomic E-state index is 12.1. The summed E-state index contributed by atoms with van der Waals surface area (Å²) in [5, 5.41) is 0. The molecule has 4 aliphatic rings. The van der Waals surface area contributed by atoms with Crippen LogP contribution in [-0.4, -0.2) is 21.2 Å². The molecule has 8 atom stereocenters. The number of rotatable bonds is 0. The highest BCUT2D eigenvalue weighted by molar-refractivity contribution is 9.10. The lowest BCUT2D eigenvalue weighted by Crippen LogP contribution is -2.29. The van der Waals surface area contributed by atoms with E-state index in [0.29, 0.717) is 35.2 Å². The molecule has 4 heteroatoms. The lowest BCUT2D eigenvalue weighted by atomic mass is 9.79. The summed E-state index contributed by atoms with van der Waals surface area (Å²) in [7, 11) is 0. The molecular formula is C11H10Br2O2. The third kappa shape index (κ3) is 0.791. The molecule has 0 amide bonds. The molecule has 4 aliphatic carbocycles. The zero-order valence-corrected chi connectivity index (χ0v) is 11.1. The second-order valence-corrected chi connectivity index (χ2v) is 7.35. The highest BCUT2D eigenvalue weighted by Gasteiger charge is 2.74. The first kappa shape index (κ1) is 9.34. The maximum absolute atomic E-state index is 12.1. The van der Waals surface area contributed by atoms with Crippen LogP contribution in [0.2, 0.25) is 0 Å². The van der Waals surface area contributed by atoms with Crippen LogP contribution in [0.4, 0.5) is 0 Å². The van der Waals surface area contributed by atoms with Crippen LogP contribution in [0.5, 0.6) is 0 Å². The average molecular weight is 334 g/mol. The summed E-state index contributed by atoms with van der Waals surface area (Å²) in [6.45, 7) is 0. The predicted octanol–water partition coefficient (Wildman–Crippen LogP) is 1.79. The first-order chi connectivity index (χ1) is 7.13. The summed E-state index contributed by atoms with van der Waals surface area (Å²) in [5.41, 5.74) is 0. The molecule has 15 heavy (non-hydrogen) atoms. The molecule has 0 aromatic heterocycles. The van der Waals surface area contributed by atoms with Crippen LogP contribution in [0.25, 0.3) is 0 Å². The zero-order chi connectivity index (χ0) is 10.5. The van der Waals surface area contributed by atoms with Crippen molar-refractivity contribution in [3.8, 4) is 0 Å². The topological polar surface area (TPSA) is 34.1 Å². The van der Waals surface area contributed by atoms with Gasteiger partial charge in [0.2, 0.25) is 0 Å². The Kier molecular flexibility index (Phi) is 1.61. The van der Waals surface area contributed by atoms with Crippen LogP contribution in [0.15, 0.2) is 0 Å². The monoisotopic (exact) mass is 332 g/mol. The Morgan fingerprint density at radius 3 is 1.67 bits per heavy atom. The van der Waals surface area contributed by atoms with Crippen molar-refractivity contribution in [2.24, 2.45) is 35.5 Å². The van der Waals surface area contributed by atoms with Crippen LogP contribution in [-0.2, 0) is 9.59 Å². The van der Waals surface area contributed by atoms with E-state index in [-0.39, 0.29) is 21.5 Å². The lowest BCUT2D eigenvalue weighted by molar-refractivity contribution is -0.128. The number of halogens is 2. The largest absolute Gasteiger partial charge is 0.298 e. The Morgan fingerprint density at radius 1 is 0.867 bits per heavy atom. The molecule has 0 aliphatic heterocycles. The number of Topliss-reactive ketones (excluding diaryl/α,β-unsaturated/α-hetero) is 2. The number of hydrogen-bond donors (Lipinski definition) is 0. The van der Waals surface area contributed by atoms with Gasteiger partial charge < -0.3 is 0 Å². The van der Waals surface area contributed by atoms with E-state index < -0.39 is 0 Å². The second kappa shape index (κ2) is 2.58. The molecule has 2 bridgehead atoms. The van der Waals surface area contributed by atoms with Gasteiger partial charge in [0.15, 0.2) is 11.6 Å². The maximum Gasteiger partial charge on any atom is 0.150 e. The molecule has 0 aromatic carbocycles.